The van der Waals surface area contributed by atoms with E-state index in [0.29, 0.717) is 31.7 Å². The minimum absolute atomic E-state index is 0.256. The number of nitrogens with one attached hydrogen (secondary N) is 1. The van der Waals surface area contributed by atoms with E-state index in [1.165, 1.54) is 4.57 Å². The van der Waals surface area contributed by atoms with Crippen LogP contribution in [0.2, 0.25) is 0 Å². The number of methoxy groups -OCH3 is 1. The molecule has 1 aliphatic heterocycles. The maximum Gasteiger partial charge on any atom is 0.419 e. The smallest absolute Gasteiger partial charge is 0.419 e. The maximum atomic E-state index is 13.1. The lowest BCUT2D eigenvalue weighted by molar-refractivity contribution is 0.0546. The van der Waals surface area contributed by atoms with Gasteiger partial charge in [0.05, 0.1) is 29.4 Å². The van der Waals surface area contributed by atoms with Gasteiger partial charge >= 0.3 is 6.09 Å². The quantitative estimate of drug-likeness (QED) is 0.397. The molecule has 30 heavy (non-hydrogen) atoms. The van der Waals surface area contributed by atoms with Crippen molar-refractivity contribution in [2.45, 2.75) is 26.4 Å². The van der Waals surface area contributed by atoms with Gasteiger partial charge in [-0.1, -0.05) is 6.07 Å². The molecule has 0 saturated carbocycles. The van der Waals surface area contributed by atoms with Crippen molar-refractivity contribution in [2.24, 2.45) is 0 Å². The Bertz CT molecular complexity index is 1240. The number of imide groups is 1. The summed E-state index contributed by atoms with van der Waals surface area (Å²) in [7, 11) is 1.56. The average Bonchev–Trinajstić information content (AvgIpc) is 3.18. The number of carbonyl (C=O) groups is 3. The summed E-state index contributed by atoms with van der Waals surface area (Å²) in [5.74, 6) is -0.291. The van der Waals surface area contributed by atoms with Gasteiger partial charge in [0.1, 0.15) is 11.4 Å². The summed E-state index contributed by atoms with van der Waals surface area (Å²) in [6.45, 7) is 5.36. The molecule has 7 nitrogen and oxygen atoms in total. The molecule has 1 aromatic heterocycles. The standard InChI is InChI=1S/C22H19IN2O5/c1-22(2,3)30-21(28)25-15-8-5-12(29-4)9-11(15)10-16(25)13-6-7-14(23)18-17(13)19(26)24-20(18)27/h5-10H,1-4H3,(H,24,26,27). The highest BCUT2D eigenvalue weighted by molar-refractivity contribution is 14.1. The molecule has 2 heterocycles. The van der Waals surface area contributed by atoms with Crippen LogP contribution in [-0.4, -0.2) is 35.2 Å². The number of rotatable bonds is 2. The Kier molecular flexibility index (Phi) is 4.84. The van der Waals surface area contributed by atoms with E-state index in [-0.39, 0.29) is 5.56 Å². The van der Waals surface area contributed by atoms with E-state index in [1.807, 2.05) is 22.6 Å². The van der Waals surface area contributed by atoms with Crippen LogP contribution in [-0.2, 0) is 4.74 Å². The second-order valence-electron chi connectivity index (χ2n) is 7.90. The number of hydrogen-bond acceptors (Lipinski definition) is 5. The molecule has 0 radical (unpaired) electrons. The van der Waals surface area contributed by atoms with Crippen molar-refractivity contribution in [3.05, 3.63) is 51.1 Å². The molecule has 1 aliphatic rings. The van der Waals surface area contributed by atoms with Crippen molar-refractivity contribution < 1.29 is 23.9 Å². The average molecular weight is 518 g/mol. The number of halogens is 1. The zero-order valence-corrected chi connectivity index (χ0v) is 19.0. The van der Waals surface area contributed by atoms with Crippen LogP contribution in [0.4, 0.5) is 4.79 Å². The Hall–Kier alpha value is -2.88. The number of benzene rings is 2. The van der Waals surface area contributed by atoms with E-state index < -0.39 is 23.5 Å². The summed E-state index contributed by atoms with van der Waals surface area (Å²) in [5, 5.41) is 3.09. The Morgan fingerprint density at radius 2 is 1.73 bits per heavy atom. The molecule has 0 spiro atoms. The Morgan fingerprint density at radius 1 is 1.03 bits per heavy atom. The van der Waals surface area contributed by atoms with E-state index >= 15 is 0 Å². The third kappa shape index (κ3) is 3.34. The van der Waals surface area contributed by atoms with Gasteiger partial charge in [-0.2, -0.15) is 0 Å². The SMILES string of the molecule is COc1ccc2c(c1)cc(-c1ccc(I)c3c1C(=O)NC3=O)n2C(=O)OC(C)(C)C. The molecule has 0 atom stereocenters. The Labute approximate surface area is 186 Å². The van der Waals surface area contributed by atoms with Crippen LogP contribution in [0, 0.1) is 3.57 Å². The summed E-state index contributed by atoms with van der Waals surface area (Å²) >= 11 is 2.02. The van der Waals surface area contributed by atoms with Crippen molar-refractivity contribution >= 4 is 51.4 Å². The molecule has 4 rings (SSSR count). The van der Waals surface area contributed by atoms with Crippen LogP contribution >= 0.6 is 22.6 Å². The normalized spacial score (nSPS) is 13.4. The van der Waals surface area contributed by atoms with Gasteiger partial charge in [0.25, 0.3) is 11.8 Å². The highest BCUT2D eigenvalue weighted by Crippen LogP contribution is 2.36. The monoisotopic (exact) mass is 518 g/mol. The van der Waals surface area contributed by atoms with Crippen LogP contribution in [0.25, 0.3) is 22.2 Å². The molecule has 0 bridgehead atoms. The molecule has 3 aromatic rings. The number of nitrogens with zero attached hydrogens (tertiary/aromatic N) is 1. The van der Waals surface area contributed by atoms with Crippen LogP contribution in [0.5, 0.6) is 5.75 Å². The number of amides is 2. The zero-order chi connectivity index (χ0) is 21.8. The maximum absolute atomic E-state index is 13.1. The molecule has 8 heteroatoms. The Balaban J connectivity index is 2.03. The lowest BCUT2D eigenvalue weighted by Crippen LogP contribution is -2.27. The minimum Gasteiger partial charge on any atom is -0.497 e. The highest BCUT2D eigenvalue weighted by atomic mass is 127. The summed E-state index contributed by atoms with van der Waals surface area (Å²) in [5.41, 5.74) is 1.42. The summed E-state index contributed by atoms with van der Waals surface area (Å²) < 4.78 is 13.0. The molecule has 0 fully saturated rings. The Morgan fingerprint density at radius 3 is 2.40 bits per heavy atom. The summed E-state index contributed by atoms with van der Waals surface area (Å²) in [4.78, 5) is 38.0. The fourth-order valence-corrected chi connectivity index (χ4v) is 4.19. The number of carbonyl (C=O) groups excluding carboxylic acids is 3. The number of fused-ring (bicyclic) bond motifs is 2. The van der Waals surface area contributed by atoms with Crippen LogP contribution < -0.4 is 10.1 Å². The second kappa shape index (κ2) is 7.12. The second-order valence-corrected chi connectivity index (χ2v) is 9.06. The first-order chi connectivity index (χ1) is 14.1. The largest absolute Gasteiger partial charge is 0.497 e. The third-order valence-electron chi connectivity index (χ3n) is 4.70. The predicted octanol–water partition coefficient (Wildman–Crippen LogP) is 4.59. The number of hydrogen-bond donors (Lipinski definition) is 1. The van der Waals surface area contributed by atoms with Crippen molar-refractivity contribution in [1.82, 2.24) is 9.88 Å². The number of ether oxygens (including phenoxy) is 2. The zero-order valence-electron chi connectivity index (χ0n) is 16.8. The molecule has 0 unspecified atom stereocenters. The molecule has 1 N–H and O–H groups in total. The first-order valence-corrected chi connectivity index (χ1v) is 10.3. The van der Waals surface area contributed by atoms with Gasteiger partial charge in [-0.25, -0.2) is 9.36 Å². The van der Waals surface area contributed by atoms with Gasteiger partial charge in [-0.05, 0) is 73.7 Å². The van der Waals surface area contributed by atoms with Crippen molar-refractivity contribution in [1.29, 1.82) is 0 Å². The first-order valence-electron chi connectivity index (χ1n) is 9.22. The predicted molar refractivity (Wildman–Crippen MR) is 120 cm³/mol. The van der Waals surface area contributed by atoms with Gasteiger partial charge in [0, 0.05) is 14.5 Å². The molecule has 0 aliphatic carbocycles. The first kappa shape index (κ1) is 20.4. The molecule has 2 aromatic carbocycles. The molecule has 2 amide bonds. The fourth-order valence-electron chi connectivity index (χ4n) is 3.50. The van der Waals surface area contributed by atoms with Gasteiger partial charge in [-0.3, -0.25) is 14.9 Å². The van der Waals surface area contributed by atoms with Gasteiger partial charge in [0.15, 0.2) is 0 Å². The minimum atomic E-state index is -0.710. The molecule has 0 saturated heterocycles. The number of aromatic nitrogens is 1. The summed E-state index contributed by atoms with van der Waals surface area (Å²) in [6.07, 6.45) is -0.574. The van der Waals surface area contributed by atoms with Gasteiger partial charge < -0.3 is 9.47 Å². The van der Waals surface area contributed by atoms with Crippen LogP contribution in [0.3, 0.4) is 0 Å². The lowest BCUT2D eigenvalue weighted by atomic mass is 10.00. The highest BCUT2D eigenvalue weighted by Gasteiger charge is 2.34. The van der Waals surface area contributed by atoms with Gasteiger partial charge in [0.2, 0.25) is 0 Å². The molecular formula is C22H19IN2O5. The molecular weight excluding hydrogens is 499 g/mol. The van der Waals surface area contributed by atoms with Crippen LogP contribution in [0.1, 0.15) is 41.5 Å². The van der Waals surface area contributed by atoms with Crippen molar-refractivity contribution in [3.63, 3.8) is 0 Å². The van der Waals surface area contributed by atoms with Crippen LogP contribution in [0.15, 0.2) is 36.4 Å². The van der Waals surface area contributed by atoms with E-state index in [2.05, 4.69) is 5.32 Å². The fraction of sp³-hybridized carbons (Fsp3) is 0.227. The topological polar surface area (TPSA) is 86.6 Å². The van der Waals surface area contributed by atoms with Gasteiger partial charge in [-0.15, -0.1) is 0 Å². The summed E-state index contributed by atoms with van der Waals surface area (Å²) in [6, 6.07) is 10.6. The molecule has 154 valence electrons. The van der Waals surface area contributed by atoms with Crippen molar-refractivity contribution in [3.8, 4) is 17.0 Å². The van der Waals surface area contributed by atoms with Crippen molar-refractivity contribution in [2.75, 3.05) is 7.11 Å². The van der Waals surface area contributed by atoms with E-state index in [9.17, 15) is 14.4 Å². The van der Waals surface area contributed by atoms with E-state index in [0.717, 1.165) is 5.39 Å². The van der Waals surface area contributed by atoms with E-state index in [4.69, 9.17) is 9.47 Å². The third-order valence-corrected chi connectivity index (χ3v) is 5.60. The lowest BCUT2D eigenvalue weighted by Gasteiger charge is -2.21. The van der Waals surface area contributed by atoms with E-state index in [1.54, 1.807) is 64.3 Å².